The van der Waals surface area contributed by atoms with Crippen molar-refractivity contribution in [2.24, 2.45) is 5.73 Å². The van der Waals surface area contributed by atoms with E-state index in [1.54, 1.807) is 0 Å². The topological polar surface area (TPSA) is 83.6 Å². The second kappa shape index (κ2) is 3.64. The Morgan fingerprint density at radius 3 is 2.69 bits per heavy atom. The summed E-state index contributed by atoms with van der Waals surface area (Å²) in [5, 5.41) is 18.2. The van der Waals surface area contributed by atoms with E-state index in [1.807, 2.05) is 0 Å². The molecule has 1 aromatic rings. The summed E-state index contributed by atoms with van der Waals surface area (Å²) in [6, 6.07) is 2.84. The van der Waals surface area contributed by atoms with Crippen LogP contribution in [0.15, 0.2) is 18.2 Å². The van der Waals surface area contributed by atoms with Gasteiger partial charge in [0.1, 0.15) is 11.8 Å². The lowest BCUT2D eigenvalue weighted by atomic mass is 10.1. The van der Waals surface area contributed by atoms with Crippen LogP contribution in [0.4, 0.5) is 0 Å². The summed E-state index contributed by atoms with van der Waals surface area (Å²) < 4.78 is 0. The Balaban J connectivity index is 3.12. The van der Waals surface area contributed by atoms with Gasteiger partial charge in [-0.3, -0.25) is 4.79 Å². The number of rotatable bonds is 2. The lowest BCUT2D eigenvalue weighted by Gasteiger charge is -2.08. The largest absolute Gasteiger partial charge is 0.508 e. The van der Waals surface area contributed by atoms with Crippen LogP contribution in [0, 0.1) is 0 Å². The summed E-state index contributed by atoms with van der Waals surface area (Å²) in [6.07, 6.45) is 0. The summed E-state index contributed by atoms with van der Waals surface area (Å²) in [6.45, 7) is 0. The van der Waals surface area contributed by atoms with Gasteiger partial charge in [0.15, 0.2) is 0 Å². The molecule has 0 amide bonds. The fraction of sp³-hybridized carbons (Fsp3) is 0.125. The molecule has 1 aromatic carbocycles. The number of carboxylic acid groups (broad SMARTS) is 1. The first kappa shape index (κ1) is 9.83. The monoisotopic (exact) mass is 201 g/mol. The van der Waals surface area contributed by atoms with Gasteiger partial charge in [-0.05, 0) is 18.2 Å². The number of aromatic hydroxyl groups is 1. The second-order valence-electron chi connectivity index (χ2n) is 2.52. The van der Waals surface area contributed by atoms with Crippen LogP contribution >= 0.6 is 11.6 Å². The predicted molar refractivity (Wildman–Crippen MR) is 47.7 cm³/mol. The third-order valence-electron chi connectivity index (χ3n) is 1.59. The first-order valence-corrected chi connectivity index (χ1v) is 3.87. The Bertz CT molecular complexity index is 340. The number of phenolic OH excluding ortho intramolecular Hbond substituents is 1. The van der Waals surface area contributed by atoms with Crippen molar-refractivity contribution in [3.05, 3.63) is 28.8 Å². The molecule has 0 radical (unpaired) electrons. The first-order chi connectivity index (χ1) is 6.02. The number of benzene rings is 1. The van der Waals surface area contributed by atoms with Crippen molar-refractivity contribution in [1.82, 2.24) is 0 Å². The molecule has 1 rings (SSSR count). The minimum Gasteiger partial charge on any atom is -0.508 e. The van der Waals surface area contributed by atoms with Crippen LogP contribution in [-0.2, 0) is 4.79 Å². The van der Waals surface area contributed by atoms with Gasteiger partial charge in [-0.1, -0.05) is 11.6 Å². The SMILES string of the molecule is N[C@H](C(=O)O)c1cc(Cl)ccc1O. The zero-order chi connectivity index (χ0) is 10.0. The molecule has 0 aliphatic rings. The van der Waals surface area contributed by atoms with Crippen LogP contribution in [0.1, 0.15) is 11.6 Å². The third kappa shape index (κ3) is 2.11. The van der Waals surface area contributed by atoms with Crippen molar-refractivity contribution in [3.63, 3.8) is 0 Å². The number of carboxylic acids is 1. The number of hydrogen-bond donors (Lipinski definition) is 3. The van der Waals surface area contributed by atoms with E-state index in [1.165, 1.54) is 18.2 Å². The molecule has 0 bridgehead atoms. The van der Waals surface area contributed by atoms with Crippen molar-refractivity contribution in [2.75, 3.05) is 0 Å². The minimum atomic E-state index is -1.25. The summed E-state index contributed by atoms with van der Waals surface area (Å²) in [5.74, 6) is -1.38. The smallest absolute Gasteiger partial charge is 0.325 e. The number of carbonyl (C=O) groups is 1. The zero-order valence-corrected chi connectivity index (χ0v) is 7.32. The summed E-state index contributed by atoms with van der Waals surface area (Å²) in [7, 11) is 0. The summed E-state index contributed by atoms with van der Waals surface area (Å²) in [5.41, 5.74) is 5.40. The molecule has 13 heavy (non-hydrogen) atoms. The second-order valence-corrected chi connectivity index (χ2v) is 2.96. The molecule has 0 fully saturated rings. The fourth-order valence-corrected chi connectivity index (χ4v) is 1.09. The third-order valence-corrected chi connectivity index (χ3v) is 1.83. The Morgan fingerprint density at radius 2 is 2.15 bits per heavy atom. The molecular formula is C8H8ClNO3. The predicted octanol–water partition coefficient (Wildman–Crippen LogP) is 1.13. The molecule has 0 aliphatic carbocycles. The Labute approximate surface area is 79.6 Å². The minimum absolute atomic E-state index is 0.111. The van der Waals surface area contributed by atoms with Crippen molar-refractivity contribution < 1.29 is 15.0 Å². The maximum Gasteiger partial charge on any atom is 0.325 e. The van der Waals surface area contributed by atoms with Gasteiger partial charge < -0.3 is 15.9 Å². The molecule has 70 valence electrons. The lowest BCUT2D eigenvalue weighted by molar-refractivity contribution is -0.138. The highest BCUT2D eigenvalue weighted by atomic mass is 35.5. The molecule has 0 heterocycles. The molecule has 4 N–H and O–H groups in total. The van der Waals surface area contributed by atoms with E-state index in [9.17, 15) is 9.90 Å². The van der Waals surface area contributed by atoms with E-state index in [4.69, 9.17) is 22.4 Å². The number of phenols is 1. The van der Waals surface area contributed by atoms with Crippen LogP contribution in [0.25, 0.3) is 0 Å². The van der Waals surface area contributed by atoms with Gasteiger partial charge in [0.05, 0.1) is 0 Å². The van der Waals surface area contributed by atoms with E-state index < -0.39 is 12.0 Å². The number of hydrogen-bond acceptors (Lipinski definition) is 3. The summed E-state index contributed by atoms with van der Waals surface area (Å²) >= 11 is 5.61. The molecule has 0 aliphatic heterocycles. The van der Waals surface area contributed by atoms with Crippen LogP contribution in [-0.4, -0.2) is 16.2 Å². The molecular weight excluding hydrogens is 194 g/mol. The average molecular weight is 202 g/mol. The maximum absolute atomic E-state index is 10.5. The quantitative estimate of drug-likeness (QED) is 0.670. The normalized spacial score (nSPS) is 12.5. The summed E-state index contributed by atoms with van der Waals surface area (Å²) in [4.78, 5) is 10.5. The highest BCUT2D eigenvalue weighted by Crippen LogP contribution is 2.26. The van der Waals surface area contributed by atoms with E-state index in [0.717, 1.165) is 0 Å². The van der Waals surface area contributed by atoms with E-state index in [2.05, 4.69) is 0 Å². The van der Waals surface area contributed by atoms with Crippen LogP contribution in [0.2, 0.25) is 5.02 Å². The van der Waals surface area contributed by atoms with Gasteiger partial charge >= 0.3 is 5.97 Å². The molecule has 0 unspecified atom stereocenters. The molecule has 0 saturated carbocycles. The molecule has 4 nitrogen and oxygen atoms in total. The Hall–Kier alpha value is -1.26. The number of aliphatic carboxylic acids is 1. The number of nitrogens with two attached hydrogens (primary N) is 1. The molecule has 0 aromatic heterocycles. The van der Waals surface area contributed by atoms with E-state index >= 15 is 0 Å². The van der Waals surface area contributed by atoms with Crippen LogP contribution in [0.3, 0.4) is 0 Å². The van der Waals surface area contributed by atoms with Gasteiger partial charge in [0.2, 0.25) is 0 Å². The molecule has 5 heteroatoms. The number of halogens is 1. The molecule has 0 spiro atoms. The van der Waals surface area contributed by atoms with E-state index in [-0.39, 0.29) is 11.3 Å². The lowest BCUT2D eigenvalue weighted by Crippen LogP contribution is -2.20. The van der Waals surface area contributed by atoms with Gasteiger partial charge in [0, 0.05) is 10.6 Å². The van der Waals surface area contributed by atoms with Crippen LogP contribution in [0.5, 0.6) is 5.75 Å². The Morgan fingerprint density at radius 1 is 1.54 bits per heavy atom. The van der Waals surface area contributed by atoms with Crippen LogP contribution < -0.4 is 5.73 Å². The van der Waals surface area contributed by atoms with Gasteiger partial charge in [-0.15, -0.1) is 0 Å². The standard InChI is InChI=1S/C8H8ClNO3/c9-4-1-2-6(11)5(3-4)7(10)8(12)13/h1-3,7,11H,10H2,(H,12,13)/t7-/m0/s1. The molecule has 1 atom stereocenters. The van der Waals surface area contributed by atoms with Crippen molar-refractivity contribution in [1.29, 1.82) is 0 Å². The zero-order valence-electron chi connectivity index (χ0n) is 6.57. The average Bonchev–Trinajstić information content (AvgIpc) is 2.08. The Kier molecular flexibility index (Phi) is 2.75. The highest BCUT2D eigenvalue weighted by Gasteiger charge is 2.17. The van der Waals surface area contributed by atoms with Crippen molar-refractivity contribution >= 4 is 17.6 Å². The fourth-order valence-electron chi connectivity index (χ4n) is 0.908. The maximum atomic E-state index is 10.5. The first-order valence-electron chi connectivity index (χ1n) is 3.49. The molecule has 0 saturated heterocycles. The van der Waals surface area contributed by atoms with Gasteiger partial charge in [0.25, 0.3) is 0 Å². The highest BCUT2D eigenvalue weighted by molar-refractivity contribution is 6.30. The van der Waals surface area contributed by atoms with Gasteiger partial charge in [-0.25, -0.2) is 0 Å². The van der Waals surface area contributed by atoms with Gasteiger partial charge in [-0.2, -0.15) is 0 Å². The van der Waals surface area contributed by atoms with Crippen molar-refractivity contribution in [3.8, 4) is 5.75 Å². The van der Waals surface area contributed by atoms with Crippen molar-refractivity contribution in [2.45, 2.75) is 6.04 Å². The van der Waals surface area contributed by atoms with E-state index in [0.29, 0.717) is 5.02 Å².